The lowest BCUT2D eigenvalue weighted by Gasteiger charge is -2.23. The highest BCUT2D eigenvalue weighted by Crippen LogP contribution is 2.15. The van der Waals surface area contributed by atoms with Crippen LogP contribution in [0, 0.1) is 0 Å². The summed E-state index contributed by atoms with van der Waals surface area (Å²) >= 11 is 0. The third-order valence-corrected chi connectivity index (χ3v) is 2.29. The molecule has 1 aromatic rings. The maximum Gasteiger partial charge on any atom is 0.123 e. The van der Waals surface area contributed by atoms with Crippen LogP contribution >= 0.6 is 0 Å². The van der Waals surface area contributed by atoms with E-state index in [1.54, 1.807) is 6.07 Å². The molecule has 0 aliphatic carbocycles. The van der Waals surface area contributed by atoms with Crippen molar-refractivity contribution in [2.24, 2.45) is 0 Å². The van der Waals surface area contributed by atoms with Gasteiger partial charge in [0.05, 0.1) is 17.9 Å². The van der Waals surface area contributed by atoms with Crippen LogP contribution in [0.2, 0.25) is 0 Å². The van der Waals surface area contributed by atoms with Gasteiger partial charge in [-0.2, -0.15) is 0 Å². The van der Waals surface area contributed by atoms with Crippen LogP contribution in [0.3, 0.4) is 0 Å². The van der Waals surface area contributed by atoms with Crippen molar-refractivity contribution in [3.05, 3.63) is 23.9 Å². The van der Waals surface area contributed by atoms with E-state index in [4.69, 9.17) is 10.5 Å². The zero-order valence-electron chi connectivity index (χ0n) is 9.08. The molecule has 0 saturated heterocycles. The van der Waals surface area contributed by atoms with Gasteiger partial charge in [0.1, 0.15) is 5.82 Å². The van der Waals surface area contributed by atoms with Gasteiger partial charge in [-0.15, -0.1) is 0 Å². The predicted octanol–water partition coefficient (Wildman–Crippen LogP) is 2.37. The third kappa shape index (κ3) is 3.34. The summed E-state index contributed by atoms with van der Waals surface area (Å²) in [7, 11) is 0. The predicted molar refractivity (Wildman–Crippen MR) is 57.8 cm³/mol. The van der Waals surface area contributed by atoms with Crippen molar-refractivity contribution in [1.82, 2.24) is 4.98 Å². The van der Waals surface area contributed by atoms with Crippen molar-refractivity contribution in [3.8, 4) is 0 Å². The van der Waals surface area contributed by atoms with Gasteiger partial charge < -0.3 is 10.5 Å². The Morgan fingerprint density at radius 1 is 1.43 bits per heavy atom. The molecule has 0 unspecified atom stereocenters. The summed E-state index contributed by atoms with van der Waals surface area (Å²) in [6, 6.07) is 5.58. The normalized spacial score (nSPS) is 11.6. The second-order valence-corrected chi connectivity index (χ2v) is 3.96. The second-order valence-electron chi connectivity index (χ2n) is 3.96. The molecule has 78 valence electrons. The van der Waals surface area contributed by atoms with E-state index in [0.29, 0.717) is 12.4 Å². The minimum absolute atomic E-state index is 0.0910. The van der Waals surface area contributed by atoms with Crippen LogP contribution in [-0.4, -0.2) is 10.6 Å². The van der Waals surface area contributed by atoms with Gasteiger partial charge in [-0.1, -0.05) is 13.0 Å². The van der Waals surface area contributed by atoms with E-state index in [0.717, 1.165) is 12.1 Å². The number of hydrogen-bond donors (Lipinski definition) is 1. The first-order valence-corrected chi connectivity index (χ1v) is 4.89. The average molecular weight is 194 g/mol. The molecule has 1 aromatic heterocycles. The molecule has 1 rings (SSSR count). The lowest BCUT2D eigenvalue weighted by Crippen LogP contribution is -2.23. The molecule has 0 spiro atoms. The maximum atomic E-state index is 5.70. The van der Waals surface area contributed by atoms with E-state index >= 15 is 0 Å². The Balaban J connectivity index is 2.54. The van der Waals surface area contributed by atoms with Gasteiger partial charge in [-0.05, 0) is 32.4 Å². The summed E-state index contributed by atoms with van der Waals surface area (Å²) in [6.07, 6.45) is 0.981. The van der Waals surface area contributed by atoms with Crippen LogP contribution in [0.5, 0.6) is 0 Å². The first-order chi connectivity index (χ1) is 6.53. The number of rotatable bonds is 4. The Kier molecular flexibility index (Phi) is 3.47. The molecule has 0 aliphatic rings. The number of nitrogens with zero attached hydrogens (tertiary/aromatic N) is 1. The van der Waals surface area contributed by atoms with E-state index < -0.39 is 0 Å². The topological polar surface area (TPSA) is 48.1 Å². The Bertz CT molecular complexity index is 297. The summed E-state index contributed by atoms with van der Waals surface area (Å²) in [4.78, 5) is 4.16. The lowest BCUT2D eigenvalue weighted by molar-refractivity contribution is -0.0329. The van der Waals surface area contributed by atoms with Crippen molar-refractivity contribution < 1.29 is 4.74 Å². The Morgan fingerprint density at radius 2 is 2.14 bits per heavy atom. The number of anilines is 1. The number of hydrogen-bond acceptors (Lipinski definition) is 3. The Labute approximate surface area is 85.3 Å². The number of nitrogens with two attached hydrogens (primary N) is 1. The molecule has 14 heavy (non-hydrogen) atoms. The standard InChI is InChI=1S/C11H18N2O/c1-4-11(2,3)14-8-9-6-5-7-10(12)13-9/h5-7H,4,8H2,1-3H3,(H2,12,13). The molecule has 1 heterocycles. The van der Waals surface area contributed by atoms with Crippen molar-refractivity contribution >= 4 is 5.82 Å². The monoisotopic (exact) mass is 194 g/mol. The van der Waals surface area contributed by atoms with Crippen LogP contribution in [0.25, 0.3) is 0 Å². The minimum atomic E-state index is -0.0910. The fourth-order valence-electron chi connectivity index (χ4n) is 0.950. The second kappa shape index (κ2) is 4.42. The molecule has 3 heteroatoms. The van der Waals surface area contributed by atoms with E-state index in [1.807, 2.05) is 12.1 Å². The maximum absolute atomic E-state index is 5.70. The molecule has 0 fully saturated rings. The van der Waals surface area contributed by atoms with Crippen molar-refractivity contribution in [2.45, 2.75) is 39.4 Å². The van der Waals surface area contributed by atoms with E-state index in [1.165, 1.54) is 0 Å². The van der Waals surface area contributed by atoms with Crippen LogP contribution in [0.15, 0.2) is 18.2 Å². The van der Waals surface area contributed by atoms with Gasteiger partial charge in [0.25, 0.3) is 0 Å². The third-order valence-electron chi connectivity index (χ3n) is 2.29. The van der Waals surface area contributed by atoms with Crippen molar-refractivity contribution in [3.63, 3.8) is 0 Å². The highest BCUT2D eigenvalue weighted by molar-refractivity contribution is 5.28. The Morgan fingerprint density at radius 3 is 2.71 bits per heavy atom. The van der Waals surface area contributed by atoms with Gasteiger partial charge in [-0.3, -0.25) is 0 Å². The zero-order valence-corrected chi connectivity index (χ0v) is 9.08. The summed E-state index contributed by atoms with van der Waals surface area (Å²) in [5, 5.41) is 0. The quantitative estimate of drug-likeness (QED) is 0.800. The average Bonchev–Trinajstić information content (AvgIpc) is 2.15. The number of pyridine rings is 1. The molecule has 3 nitrogen and oxygen atoms in total. The van der Waals surface area contributed by atoms with Crippen LogP contribution < -0.4 is 5.73 Å². The fourth-order valence-corrected chi connectivity index (χ4v) is 0.950. The lowest BCUT2D eigenvalue weighted by atomic mass is 10.1. The van der Waals surface area contributed by atoms with Gasteiger partial charge >= 0.3 is 0 Å². The molecule has 2 N–H and O–H groups in total. The van der Waals surface area contributed by atoms with Gasteiger partial charge in [0.15, 0.2) is 0 Å². The molecule has 0 radical (unpaired) electrons. The van der Waals surface area contributed by atoms with Crippen LogP contribution in [0.4, 0.5) is 5.82 Å². The van der Waals surface area contributed by atoms with E-state index in [2.05, 4.69) is 25.8 Å². The summed E-state index contributed by atoms with van der Waals surface area (Å²) in [5.74, 6) is 0.542. The molecule has 0 aliphatic heterocycles. The highest BCUT2D eigenvalue weighted by Gasteiger charge is 2.15. The van der Waals surface area contributed by atoms with Crippen molar-refractivity contribution in [1.29, 1.82) is 0 Å². The van der Waals surface area contributed by atoms with Crippen LogP contribution in [-0.2, 0) is 11.3 Å². The molecular formula is C11H18N2O. The first kappa shape index (κ1) is 11.0. The van der Waals surface area contributed by atoms with Crippen molar-refractivity contribution in [2.75, 3.05) is 5.73 Å². The smallest absolute Gasteiger partial charge is 0.123 e. The molecular weight excluding hydrogens is 176 g/mol. The number of nitrogen functional groups attached to an aromatic ring is 1. The number of ether oxygens (including phenoxy) is 1. The highest BCUT2D eigenvalue weighted by atomic mass is 16.5. The largest absolute Gasteiger partial charge is 0.384 e. The minimum Gasteiger partial charge on any atom is -0.384 e. The summed E-state index contributed by atoms with van der Waals surface area (Å²) < 4.78 is 5.70. The number of aromatic nitrogens is 1. The molecule has 0 aromatic carbocycles. The molecule has 0 saturated carbocycles. The fraction of sp³-hybridized carbons (Fsp3) is 0.545. The molecule has 0 atom stereocenters. The van der Waals surface area contributed by atoms with Gasteiger partial charge in [0, 0.05) is 0 Å². The van der Waals surface area contributed by atoms with E-state index in [-0.39, 0.29) is 5.60 Å². The van der Waals surface area contributed by atoms with Crippen LogP contribution in [0.1, 0.15) is 32.9 Å². The zero-order chi connectivity index (χ0) is 10.6. The van der Waals surface area contributed by atoms with E-state index in [9.17, 15) is 0 Å². The first-order valence-electron chi connectivity index (χ1n) is 4.89. The van der Waals surface area contributed by atoms with Gasteiger partial charge in [-0.25, -0.2) is 4.98 Å². The SMILES string of the molecule is CCC(C)(C)OCc1cccc(N)n1. The summed E-state index contributed by atoms with van der Waals surface area (Å²) in [6.45, 7) is 6.76. The van der Waals surface area contributed by atoms with Gasteiger partial charge in [0.2, 0.25) is 0 Å². The molecule has 0 bridgehead atoms. The molecule has 0 amide bonds. The summed E-state index contributed by atoms with van der Waals surface area (Å²) in [5.41, 5.74) is 6.35. The Hall–Kier alpha value is -1.09.